The number of hydrogen-bond donors (Lipinski definition) is 1. The Morgan fingerprint density at radius 3 is 2.40 bits per heavy atom. The Morgan fingerprint density at radius 1 is 1.12 bits per heavy atom. The van der Waals surface area contributed by atoms with Gasteiger partial charge in [-0.05, 0) is 36.4 Å². The topological polar surface area (TPSA) is 73.2 Å². The second-order valence-corrected chi connectivity index (χ2v) is 6.33. The fourth-order valence-corrected chi connectivity index (χ4v) is 3.00. The SMILES string of the molecule is CC(=O)Nc1ccc(SCC(=O)N(CCC#N)c2ccccc2)cc1. The van der Waals surface area contributed by atoms with Crippen LogP contribution in [0.4, 0.5) is 11.4 Å². The molecule has 0 bridgehead atoms. The first-order valence-electron chi connectivity index (χ1n) is 7.83. The lowest BCUT2D eigenvalue weighted by atomic mass is 10.2. The van der Waals surface area contributed by atoms with Crippen molar-refractivity contribution in [3.63, 3.8) is 0 Å². The highest BCUT2D eigenvalue weighted by molar-refractivity contribution is 8.00. The van der Waals surface area contributed by atoms with Crippen LogP contribution in [0.2, 0.25) is 0 Å². The fourth-order valence-electron chi connectivity index (χ4n) is 2.23. The fraction of sp³-hybridized carbons (Fsp3) is 0.211. The van der Waals surface area contributed by atoms with Crippen molar-refractivity contribution in [2.45, 2.75) is 18.2 Å². The highest BCUT2D eigenvalue weighted by Crippen LogP contribution is 2.22. The zero-order valence-corrected chi connectivity index (χ0v) is 14.8. The molecule has 6 heteroatoms. The Hall–Kier alpha value is -2.78. The quantitative estimate of drug-likeness (QED) is 0.771. The monoisotopic (exact) mass is 353 g/mol. The maximum Gasteiger partial charge on any atom is 0.237 e. The maximum absolute atomic E-state index is 12.6. The molecule has 0 saturated carbocycles. The van der Waals surface area contributed by atoms with Gasteiger partial charge in [-0.2, -0.15) is 5.26 Å². The summed E-state index contributed by atoms with van der Waals surface area (Å²) in [6.45, 7) is 1.84. The Morgan fingerprint density at radius 2 is 1.80 bits per heavy atom. The third kappa shape index (κ3) is 5.98. The average Bonchev–Trinajstić information content (AvgIpc) is 2.62. The molecule has 0 aromatic heterocycles. The van der Waals surface area contributed by atoms with Crippen LogP contribution < -0.4 is 10.2 Å². The lowest BCUT2D eigenvalue weighted by Crippen LogP contribution is -2.33. The minimum Gasteiger partial charge on any atom is -0.326 e. The first kappa shape index (κ1) is 18.6. The number of benzene rings is 2. The summed E-state index contributed by atoms with van der Waals surface area (Å²) in [5.41, 5.74) is 1.52. The molecular weight excluding hydrogens is 334 g/mol. The molecule has 25 heavy (non-hydrogen) atoms. The number of nitrogens with zero attached hydrogens (tertiary/aromatic N) is 2. The molecule has 0 aliphatic carbocycles. The molecule has 0 atom stereocenters. The van der Waals surface area contributed by atoms with Gasteiger partial charge in [-0.1, -0.05) is 18.2 Å². The van der Waals surface area contributed by atoms with E-state index in [1.54, 1.807) is 17.0 Å². The van der Waals surface area contributed by atoms with Gasteiger partial charge in [0.2, 0.25) is 11.8 Å². The number of rotatable bonds is 7. The van der Waals surface area contributed by atoms with E-state index in [2.05, 4.69) is 11.4 Å². The lowest BCUT2D eigenvalue weighted by molar-refractivity contribution is -0.116. The van der Waals surface area contributed by atoms with Crippen LogP contribution in [-0.4, -0.2) is 24.1 Å². The number of hydrogen-bond acceptors (Lipinski definition) is 4. The first-order chi connectivity index (χ1) is 12.1. The Kier molecular flexibility index (Phi) is 7.05. The molecule has 0 aliphatic heterocycles. The van der Waals surface area contributed by atoms with E-state index in [9.17, 15) is 9.59 Å². The van der Waals surface area contributed by atoms with Gasteiger partial charge < -0.3 is 10.2 Å². The second-order valence-electron chi connectivity index (χ2n) is 5.28. The highest BCUT2D eigenvalue weighted by atomic mass is 32.2. The summed E-state index contributed by atoms with van der Waals surface area (Å²) in [5.74, 6) is 0.115. The number of para-hydroxylation sites is 1. The molecular formula is C19H19N3O2S. The van der Waals surface area contributed by atoms with Gasteiger partial charge in [0.15, 0.2) is 0 Å². The van der Waals surface area contributed by atoms with Crippen LogP contribution in [0.15, 0.2) is 59.5 Å². The summed E-state index contributed by atoms with van der Waals surface area (Å²) in [5, 5.41) is 11.5. The number of nitrogens with one attached hydrogen (secondary N) is 1. The molecule has 0 spiro atoms. The smallest absolute Gasteiger partial charge is 0.237 e. The molecule has 0 saturated heterocycles. The number of carbonyl (C=O) groups excluding carboxylic acids is 2. The van der Waals surface area contributed by atoms with Crippen molar-refractivity contribution >= 4 is 35.0 Å². The molecule has 0 fully saturated rings. The third-order valence-corrected chi connectivity index (χ3v) is 4.35. The number of carbonyl (C=O) groups is 2. The molecule has 1 N–H and O–H groups in total. The predicted molar refractivity (Wildman–Crippen MR) is 100 cm³/mol. The van der Waals surface area contributed by atoms with Gasteiger partial charge in [-0.25, -0.2) is 0 Å². The van der Waals surface area contributed by atoms with Gasteiger partial charge in [-0.3, -0.25) is 9.59 Å². The first-order valence-corrected chi connectivity index (χ1v) is 8.81. The minimum atomic E-state index is -0.119. The largest absolute Gasteiger partial charge is 0.326 e. The van der Waals surface area contributed by atoms with E-state index in [0.717, 1.165) is 16.3 Å². The molecule has 2 amide bonds. The lowest BCUT2D eigenvalue weighted by Gasteiger charge is -2.21. The van der Waals surface area contributed by atoms with Crippen LogP contribution in [-0.2, 0) is 9.59 Å². The molecule has 2 rings (SSSR count). The molecule has 128 valence electrons. The van der Waals surface area contributed by atoms with Crippen molar-refractivity contribution in [1.82, 2.24) is 0 Å². The van der Waals surface area contributed by atoms with E-state index in [0.29, 0.717) is 6.54 Å². The van der Waals surface area contributed by atoms with Gasteiger partial charge >= 0.3 is 0 Å². The van der Waals surface area contributed by atoms with Crippen LogP contribution in [0, 0.1) is 11.3 Å². The van der Waals surface area contributed by atoms with E-state index >= 15 is 0 Å². The standard InChI is InChI=1S/C19H19N3O2S/c1-15(23)21-16-8-10-18(11-9-16)25-14-19(24)22(13-5-12-20)17-6-3-2-4-7-17/h2-4,6-11H,5,13-14H2,1H3,(H,21,23). The molecule has 0 unspecified atom stereocenters. The van der Waals surface area contributed by atoms with Gasteiger partial charge in [0.25, 0.3) is 0 Å². The summed E-state index contributed by atoms with van der Waals surface area (Å²) in [6, 6.07) is 18.8. The van der Waals surface area contributed by atoms with E-state index in [1.807, 2.05) is 42.5 Å². The van der Waals surface area contributed by atoms with Crippen LogP contribution in [0.5, 0.6) is 0 Å². The normalized spacial score (nSPS) is 9.92. The van der Waals surface area contributed by atoms with Crippen molar-refractivity contribution in [3.05, 3.63) is 54.6 Å². The number of thioether (sulfide) groups is 1. The van der Waals surface area contributed by atoms with Crippen molar-refractivity contribution in [2.24, 2.45) is 0 Å². The van der Waals surface area contributed by atoms with Gasteiger partial charge in [0.1, 0.15) is 0 Å². The van der Waals surface area contributed by atoms with Crippen molar-refractivity contribution in [1.29, 1.82) is 5.26 Å². The number of amides is 2. The van der Waals surface area contributed by atoms with Crippen molar-refractivity contribution in [3.8, 4) is 6.07 Å². The molecule has 5 nitrogen and oxygen atoms in total. The second kappa shape index (κ2) is 9.50. The van der Waals surface area contributed by atoms with E-state index < -0.39 is 0 Å². The van der Waals surface area contributed by atoms with E-state index in [4.69, 9.17) is 5.26 Å². The Labute approximate surface area is 151 Å². The number of anilines is 2. The molecule has 0 radical (unpaired) electrons. The Balaban J connectivity index is 1.98. The average molecular weight is 353 g/mol. The maximum atomic E-state index is 12.6. The zero-order chi connectivity index (χ0) is 18.1. The van der Waals surface area contributed by atoms with E-state index in [-0.39, 0.29) is 24.0 Å². The molecule has 0 heterocycles. The summed E-state index contributed by atoms with van der Waals surface area (Å²) >= 11 is 1.43. The zero-order valence-electron chi connectivity index (χ0n) is 13.9. The van der Waals surface area contributed by atoms with Crippen LogP contribution in [0.3, 0.4) is 0 Å². The summed E-state index contributed by atoms with van der Waals surface area (Å²) in [4.78, 5) is 26.2. The van der Waals surface area contributed by atoms with E-state index in [1.165, 1.54) is 18.7 Å². The van der Waals surface area contributed by atoms with Gasteiger partial charge in [0.05, 0.1) is 18.2 Å². The van der Waals surface area contributed by atoms with Gasteiger partial charge in [-0.15, -0.1) is 11.8 Å². The van der Waals surface area contributed by atoms with Crippen molar-refractivity contribution < 1.29 is 9.59 Å². The van der Waals surface area contributed by atoms with Crippen LogP contribution >= 0.6 is 11.8 Å². The summed E-state index contributed by atoms with van der Waals surface area (Å²) in [6.07, 6.45) is 0.288. The molecule has 2 aromatic carbocycles. The Bertz CT molecular complexity index is 754. The van der Waals surface area contributed by atoms with Gasteiger partial charge in [0, 0.05) is 29.7 Å². The summed E-state index contributed by atoms with van der Waals surface area (Å²) < 4.78 is 0. The summed E-state index contributed by atoms with van der Waals surface area (Å²) in [7, 11) is 0. The number of nitriles is 1. The highest BCUT2D eigenvalue weighted by Gasteiger charge is 2.15. The molecule has 2 aromatic rings. The minimum absolute atomic E-state index is 0.0441. The predicted octanol–water partition coefficient (Wildman–Crippen LogP) is 3.68. The molecule has 0 aliphatic rings. The van der Waals surface area contributed by atoms with Crippen LogP contribution in [0.25, 0.3) is 0 Å². The third-order valence-electron chi connectivity index (χ3n) is 3.35. The van der Waals surface area contributed by atoms with Crippen molar-refractivity contribution in [2.75, 3.05) is 22.5 Å². The van der Waals surface area contributed by atoms with Crippen LogP contribution in [0.1, 0.15) is 13.3 Å².